The summed E-state index contributed by atoms with van der Waals surface area (Å²) in [5, 5.41) is 3.17. The average Bonchev–Trinajstić information content (AvgIpc) is 2.97. The number of fused-ring (bicyclic) bond motifs is 1. The molecule has 3 aliphatic rings. The molecule has 1 atom stereocenters. The molecule has 1 unspecified atom stereocenters. The lowest BCUT2D eigenvalue weighted by atomic mass is 9.86. The van der Waals surface area contributed by atoms with Crippen LogP contribution < -0.4 is 5.32 Å². The van der Waals surface area contributed by atoms with Crippen LogP contribution in [0, 0.1) is 0 Å². The first-order valence-corrected chi connectivity index (χ1v) is 8.87. The Bertz CT molecular complexity index is 663. The Balaban J connectivity index is 1.51. The van der Waals surface area contributed by atoms with Crippen molar-refractivity contribution in [3.05, 3.63) is 34.9 Å². The van der Waals surface area contributed by atoms with Crippen LogP contribution in [0.3, 0.4) is 0 Å². The number of benzene rings is 1. The predicted octanol–water partition coefficient (Wildman–Crippen LogP) is 2.27. The first-order chi connectivity index (χ1) is 11.7. The van der Waals surface area contributed by atoms with Crippen molar-refractivity contribution in [2.24, 2.45) is 0 Å². The molecule has 0 saturated carbocycles. The largest absolute Gasteiger partial charge is 0.381 e. The minimum absolute atomic E-state index is 0.0339. The Morgan fingerprint density at radius 1 is 1.17 bits per heavy atom. The van der Waals surface area contributed by atoms with Crippen LogP contribution in [0.2, 0.25) is 0 Å². The van der Waals surface area contributed by atoms with Crippen LogP contribution in [-0.4, -0.2) is 43.2 Å². The summed E-state index contributed by atoms with van der Waals surface area (Å²) in [6.45, 7) is 2.06. The van der Waals surface area contributed by atoms with Gasteiger partial charge in [0.05, 0.1) is 11.6 Å². The van der Waals surface area contributed by atoms with E-state index in [-0.39, 0.29) is 23.3 Å². The van der Waals surface area contributed by atoms with Crippen molar-refractivity contribution >= 4 is 11.7 Å². The molecule has 1 aromatic rings. The molecule has 1 N–H and O–H groups in total. The lowest BCUT2D eigenvalue weighted by Crippen LogP contribution is -2.52. The van der Waals surface area contributed by atoms with Crippen LogP contribution in [0.1, 0.15) is 58.4 Å². The molecule has 24 heavy (non-hydrogen) atoms. The summed E-state index contributed by atoms with van der Waals surface area (Å²) in [5.74, 6) is 0.116. The van der Waals surface area contributed by atoms with E-state index in [0.29, 0.717) is 31.8 Å². The van der Waals surface area contributed by atoms with Crippen LogP contribution in [0.15, 0.2) is 18.2 Å². The van der Waals surface area contributed by atoms with Gasteiger partial charge in [0.2, 0.25) is 0 Å². The first kappa shape index (κ1) is 15.8. The second-order valence-electron chi connectivity index (χ2n) is 6.99. The van der Waals surface area contributed by atoms with E-state index in [2.05, 4.69) is 5.32 Å². The lowest BCUT2D eigenvalue weighted by Gasteiger charge is -2.37. The van der Waals surface area contributed by atoms with Gasteiger partial charge in [-0.1, -0.05) is 6.07 Å². The Labute approximate surface area is 141 Å². The molecule has 1 aromatic carbocycles. The van der Waals surface area contributed by atoms with E-state index in [9.17, 15) is 9.59 Å². The van der Waals surface area contributed by atoms with Gasteiger partial charge in [0.1, 0.15) is 0 Å². The minimum Gasteiger partial charge on any atom is -0.381 e. The molecule has 5 nitrogen and oxygen atoms in total. The zero-order valence-corrected chi connectivity index (χ0v) is 13.8. The molecular weight excluding hydrogens is 306 g/mol. The third-order valence-corrected chi connectivity index (χ3v) is 5.59. The molecule has 1 aliphatic carbocycles. The summed E-state index contributed by atoms with van der Waals surface area (Å²) >= 11 is 0. The number of aryl methyl sites for hydroxylation is 1. The van der Waals surface area contributed by atoms with Crippen LogP contribution in [0.4, 0.5) is 0 Å². The molecule has 0 bridgehead atoms. The number of hydrogen-bond donors (Lipinski definition) is 1. The van der Waals surface area contributed by atoms with Crippen LogP contribution in [0.25, 0.3) is 0 Å². The van der Waals surface area contributed by atoms with Crippen molar-refractivity contribution < 1.29 is 19.1 Å². The van der Waals surface area contributed by atoms with E-state index < -0.39 is 0 Å². The first-order valence-electron chi connectivity index (χ1n) is 8.87. The highest BCUT2D eigenvalue weighted by Gasteiger charge is 2.46. The zero-order chi connectivity index (χ0) is 16.6. The number of carbonyl (C=O) groups is 2. The van der Waals surface area contributed by atoms with Crippen LogP contribution in [-0.2, 0) is 15.9 Å². The lowest BCUT2D eigenvalue weighted by molar-refractivity contribution is -0.0872. The molecule has 5 heteroatoms. The number of ether oxygens (including phenoxy) is 2. The molecule has 128 valence electrons. The number of rotatable bonds is 2. The average molecular weight is 329 g/mol. The standard InChI is InChI=1S/C19H23NO4/c21-16-3-1-2-13-12-14(4-5-15(13)16)18(22)20-17-6-9-24-19(17)7-10-23-11-8-19/h4-5,12,17H,1-3,6-11H2,(H,20,22). The monoisotopic (exact) mass is 329 g/mol. The van der Waals surface area contributed by atoms with E-state index >= 15 is 0 Å². The van der Waals surface area contributed by atoms with E-state index in [1.165, 1.54) is 0 Å². The fraction of sp³-hybridized carbons (Fsp3) is 0.579. The van der Waals surface area contributed by atoms with Gasteiger partial charge in [0, 0.05) is 50.2 Å². The normalized spacial score (nSPS) is 25.5. The van der Waals surface area contributed by atoms with Gasteiger partial charge < -0.3 is 14.8 Å². The summed E-state index contributed by atoms with van der Waals surface area (Å²) in [6, 6.07) is 5.49. The van der Waals surface area contributed by atoms with Crippen LogP contribution in [0.5, 0.6) is 0 Å². The van der Waals surface area contributed by atoms with Crippen molar-refractivity contribution in [2.45, 2.75) is 50.2 Å². The zero-order valence-electron chi connectivity index (χ0n) is 13.8. The molecule has 1 spiro atoms. The van der Waals surface area contributed by atoms with Gasteiger partial charge in [0.25, 0.3) is 5.91 Å². The molecule has 0 aromatic heterocycles. The molecule has 0 radical (unpaired) electrons. The van der Waals surface area contributed by atoms with E-state index in [1.807, 2.05) is 6.07 Å². The van der Waals surface area contributed by atoms with E-state index in [4.69, 9.17) is 9.47 Å². The number of ketones is 1. The third-order valence-electron chi connectivity index (χ3n) is 5.59. The highest BCUT2D eigenvalue weighted by atomic mass is 16.5. The number of carbonyl (C=O) groups excluding carboxylic acids is 2. The summed E-state index contributed by atoms with van der Waals surface area (Å²) in [6.07, 6.45) is 4.86. The van der Waals surface area contributed by atoms with Gasteiger partial charge in [-0.15, -0.1) is 0 Å². The molecule has 2 heterocycles. The maximum atomic E-state index is 12.7. The van der Waals surface area contributed by atoms with E-state index in [0.717, 1.165) is 43.2 Å². The molecular formula is C19H23NO4. The fourth-order valence-corrected chi connectivity index (χ4v) is 4.19. The highest BCUT2D eigenvalue weighted by Crippen LogP contribution is 2.35. The second-order valence-corrected chi connectivity index (χ2v) is 6.99. The summed E-state index contributed by atoms with van der Waals surface area (Å²) in [4.78, 5) is 24.6. The maximum Gasteiger partial charge on any atom is 0.251 e. The van der Waals surface area contributed by atoms with E-state index in [1.54, 1.807) is 12.1 Å². The van der Waals surface area contributed by atoms with Gasteiger partial charge >= 0.3 is 0 Å². The number of amides is 1. The third kappa shape index (κ3) is 2.76. The Morgan fingerprint density at radius 3 is 2.83 bits per heavy atom. The molecule has 2 saturated heterocycles. The van der Waals surface area contributed by atoms with Crippen LogP contribution >= 0.6 is 0 Å². The quantitative estimate of drug-likeness (QED) is 0.904. The minimum atomic E-state index is -0.266. The highest BCUT2D eigenvalue weighted by molar-refractivity contribution is 6.01. The number of nitrogens with one attached hydrogen (secondary N) is 1. The summed E-state index contributed by atoms with van der Waals surface area (Å²) < 4.78 is 11.4. The van der Waals surface area contributed by atoms with Gasteiger partial charge in [-0.3, -0.25) is 9.59 Å². The van der Waals surface area contributed by atoms with Crippen molar-refractivity contribution in [1.82, 2.24) is 5.32 Å². The smallest absolute Gasteiger partial charge is 0.251 e. The summed E-state index contributed by atoms with van der Waals surface area (Å²) in [5.41, 5.74) is 2.15. The molecule has 1 amide bonds. The Morgan fingerprint density at radius 2 is 2.00 bits per heavy atom. The fourth-order valence-electron chi connectivity index (χ4n) is 4.19. The van der Waals surface area contributed by atoms with Crippen molar-refractivity contribution in [1.29, 1.82) is 0 Å². The Hall–Kier alpha value is -1.72. The van der Waals surface area contributed by atoms with Crippen molar-refractivity contribution in [2.75, 3.05) is 19.8 Å². The Kier molecular flexibility index (Phi) is 4.14. The maximum absolute atomic E-state index is 12.7. The molecule has 2 fully saturated rings. The predicted molar refractivity (Wildman–Crippen MR) is 88.3 cm³/mol. The SMILES string of the molecule is O=C(NC1CCOC12CCOCC2)c1ccc2c(c1)CCCC2=O. The molecule has 4 rings (SSSR count). The topological polar surface area (TPSA) is 64.6 Å². The number of hydrogen-bond acceptors (Lipinski definition) is 4. The van der Waals surface area contributed by atoms with Gasteiger partial charge in [-0.2, -0.15) is 0 Å². The van der Waals surface area contributed by atoms with Gasteiger partial charge in [-0.05, 0) is 37.0 Å². The van der Waals surface area contributed by atoms with Gasteiger partial charge in [0.15, 0.2) is 5.78 Å². The second kappa shape index (κ2) is 6.30. The van der Waals surface area contributed by atoms with Crippen molar-refractivity contribution in [3.63, 3.8) is 0 Å². The molecule has 2 aliphatic heterocycles. The number of Topliss-reactive ketones (excluding diaryl/α,β-unsaturated/α-hetero) is 1. The van der Waals surface area contributed by atoms with Gasteiger partial charge in [-0.25, -0.2) is 0 Å². The van der Waals surface area contributed by atoms with Crippen molar-refractivity contribution in [3.8, 4) is 0 Å². The summed E-state index contributed by atoms with van der Waals surface area (Å²) in [7, 11) is 0.